The van der Waals surface area contributed by atoms with E-state index in [1.165, 1.54) is 40.7 Å². The number of carbonyl (C=O) groups is 1. The lowest BCUT2D eigenvalue weighted by Crippen LogP contribution is -2.05. The molecule has 0 unspecified atom stereocenters. The van der Waals surface area contributed by atoms with Gasteiger partial charge in [0.2, 0.25) is 0 Å². The summed E-state index contributed by atoms with van der Waals surface area (Å²) in [5.41, 5.74) is 14.9. The molecule has 5 rings (SSSR count). The zero-order valence-electron chi connectivity index (χ0n) is 17.1. The van der Waals surface area contributed by atoms with Gasteiger partial charge in [0.25, 0.3) is 0 Å². The number of aromatic carboxylic acids is 1. The van der Waals surface area contributed by atoms with Crippen LogP contribution < -0.4 is 5.73 Å². The van der Waals surface area contributed by atoms with E-state index in [1.54, 1.807) is 18.5 Å². The SMILES string of the molecule is C[C@@H](c1cnccn1)c1ccc2c(c1N)Cc1ccccc1-2.O=C(O)c1cccnc1. The number of carboxylic acids is 1. The first-order valence-corrected chi connectivity index (χ1v) is 9.95. The van der Waals surface area contributed by atoms with E-state index in [2.05, 4.69) is 58.3 Å². The predicted octanol–water partition coefficient (Wildman–Crippen LogP) is 4.56. The maximum atomic E-state index is 10.2. The molecule has 0 aliphatic heterocycles. The van der Waals surface area contributed by atoms with Gasteiger partial charge in [0.1, 0.15) is 0 Å². The van der Waals surface area contributed by atoms with Crippen LogP contribution in [0, 0.1) is 0 Å². The third kappa shape index (κ3) is 4.14. The maximum absolute atomic E-state index is 10.2. The number of hydrogen-bond acceptors (Lipinski definition) is 5. The van der Waals surface area contributed by atoms with Gasteiger partial charge in [-0.2, -0.15) is 0 Å². The smallest absolute Gasteiger partial charge is 0.337 e. The summed E-state index contributed by atoms with van der Waals surface area (Å²) < 4.78 is 0. The minimum atomic E-state index is -0.942. The van der Waals surface area contributed by atoms with Gasteiger partial charge >= 0.3 is 5.97 Å². The fourth-order valence-electron chi connectivity index (χ4n) is 3.81. The number of pyridine rings is 1. The molecule has 0 saturated carbocycles. The van der Waals surface area contributed by atoms with Crippen LogP contribution in [0.25, 0.3) is 11.1 Å². The van der Waals surface area contributed by atoms with Crippen LogP contribution >= 0.6 is 0 Å². The highest BCUT2D eigenvalue weighted by molar-refractivity contribution is 5.87. The molecule has 1 atom stereocenters. The highest BCUT2D eigenvalue weighted by Gasteiger charge is 2.23. The van der Waals surface area contributed by atoms with Gasteiger partial charge in [-0.3, -0.25) is 15.0 Å². The number of fused-ring (bicyclic) bond motifs is 3. The van der Waals surface area contributed by atoms with E-state index in [0.717, 1.165) is 23.4 Å². The molecule has 0 amide bonds. The Labute approximate surface area is 180 Å². The number of nitrogens with zero attached hydrogens (tertiary/aromatic N) is 3. The molecule has 0 spiro atoms. The molecule has 1 aliphatic carbocycles. The predicted molar refractivity (Wildman–Crippen MR) is 120 cm³/mol. The van der Waals surface area contributed by atoms with Crippen LogP contribution in [0.1, 0.15) is 45.6 Å². The minimum absolute atomic E-state index is 0.141. The van der Waals surface area contributed by atoms with Crippen LogP contribution in [0.15, 0.2) is 79.5 Å². The number of rotatable bonds is 3. The largest absolute Gasteiger partial charge is 0.478 e. The first-order chi connectivity index (χ1) is 15.1. The van der Waals surface area contributed by atoms with Crippen molar-refractivity contribution < 1.29 is 9.90 Å². The molecule has 154 valence electrons. The fraction of sp³-hybridized carbons (Fsp3) is 0.120. The Kier molecular flexibility index (Phi) is 5.71. The van der Waals surface area contributed by atoms with Crippen molar-refractivity contribution in [3.8, 4) is 11.1 Å². The highest BCUT2D eigenvalue weighted by atomic mass is 16.4. The summed E-state index contributed by atoms with van der Waals surface area (Å²) in [6.45, 7) is 2.13. The van der Waals surface area contributed by atoms with Gasteiger partial charge < -0.3 is 10.8 Å². The van der Waals surface area contributed by atoms with Crippen LogP contribution in [0.3, 0.4) is 0 Å². The molecule has 2 aromatic carbocycles. The lowest BCUT2D eigenvalue weighted by atomic mass is 9.92. The first kappa shape index (κ1) is 20.2. The van der Waals surface area contributed by atoms with Gasteiger partial charge in [0, 0.05) is 49.0 Å². The molecule has 0 saturated heterocycles. The molecule has 0 bridgehead atoms. The van der Waals surface area contributed by atoms with Crippen molar-refractivity contribution in [1.29, 1.82) is 0 Å². The van der Waals surface area contributed by atoms with E-state index in [1.807, 2.05) is 6.20 Å². The van der Waals surface area contributed by atoms with Gasteiger partial charge in [0.15, 0.2) is 0 Å². The van der Waals surface area contributed by atoms with Crippen LogP contribution in [0.4, 0.5) is 5.69 Å². The van der Waals surface area contributed by atoms with E-state index < -0.39 is 5.97 Å². The van der Waals surface area contributed by atoms with Crippen molar-refractivity contribution >= 4 is 11.7 Å². The summed E-state index contributed by atoms with van der Waals surface area (Å²) in [5.74, 6) is -0.800. The average Bonchev–Trinajstić information content (AvgIpc) is 3.20. The number of nitrogen functional groups attached to an aromatic ring is 1. The van der Waals surface area contributed by atoms with E-state index >= 15 is 0 Å². The second-order valence-electron chi connectivity index (χ2n) is 7.33. The van der Waals surface area contributed by atoms with E-state index in [-0.39, 0.29) is 11.5 Å². The Morgan fingerprint density at radius 1 is 0.968 bits per heavy atom. The number of nitrogens with two attached hydrogens (primary N) is 1. The van der Waals surface area contributed by atoms with Gasteiger partial charge in [-0.15, -0.1) is 0 Å². The molecule has 31 heavy (non-hydrogen) atoms. The zero-order valence-corrected chi connectivity index (χ0v) is 17.1. The summed E-state index contributed by atoms with van der Waals surface area (Å²) >= 11 is 0. The van der Waals surface area contributed by atoms with Crippen molar-refractivity contribution in [2.45, 2.75) is 19.3 Å². The Hall–Kier alpha value is -4.06. The number of hydrogen-bond donors (Lipinski definition) is 2. The molecule has 2 aromatic heterocycles. The van der Waals surface area contributed by atoms with E-state index in [4.69, 9.17) is 10.8 Å². The Morgan fingerprint density at radius 2 is 1.77 bits per heavy atom. The molecule has 4 aromatic rings. The topological polar surface area (TPSA) is 102 Å². The molecular formula is C25H22N4O2. The van der Waals surface area contributed by atoms with Crippen molar-refractivity contribution in [2.24, 2.45) is 0 Å². The van der Waals surface area contributed by atoms with Gasteiger partial charge in [-0.05, 0) is 39.9 Å². The molecule has 2 heterocycles. The second-order valence-corrected chi connectivity index (χ2v) is 7.33. The van der Waals surface area contributed by atoms with E-state index in [9.17, 15) is 4.79 Å². The minimum Gasteiger partial charge on any atom is -0.478 e. The fourth-order valence-corrected chi connectivity index (χ4v) is 3.81. The van der Waals surface area contributed by atoms with Crippen LogP contribution in [0.5, 0.6) is 0 Å². The summed E-state index contributed by atoms with van der Waals surface area (Å²) in [5, 5.41) is 8.34. The average molecular weight is 410 g/mol. The lowest BCUT2D eigenvalue weighted by molar-refractivity contribution is 0.0696. The molecule has 6 heteroatoms. The molecular weight excluding hydrogens is 388 g/mol. The van der Waals surface area contributed by atoms with Gasteiger partial charge in [-0.1, -0.05) is 43.3 Å². The number of benzene rings is 2. The Balaban J connectivity index is 0.000000217. The third-order valence-corrected chi connectivity index (χ3v) is 5.47. The second kappa shape index (κ2) is 8.75. The van der Waals surface area contributed by atoms with Gasteiger partial charge in [0.05, 0.1) is 11.3 Å². The van der Waals surface area contributed by atoms with Crippen LogP contribution in [-0.4, -0.2) is 26.0 Å². The standard InChI is InChI=1S/C19H17N3.C6H5NO2/c1-12(18-11-21-8-9-22-18)14-6-7-16-15-5-3-2-4-13(15)10-17(16)19(14)20;8-6(9)5-2-1-3-7-4-5/h2-9,11-12H,10,20H2,1H3;1-4H,(H,8,9)/t12-;/m1./s1. The monoisotopic (exact) mass is 410 g/mol. The number of aromatic nitrogens is 3. The molecule has 1 aliphatic rings. The Bertz CT molecular complexity index is 1210. The molecule has 0 fully saturated rings. The molecule has 0 radical (unpaired) electrons. The summed E-state index contributed by atoms with van der Waals surface area (Å²) in [7, 11) is 0. The van der Waals surface area contributed by atoms with Crippen LogP contribution in [0.2, 0.25) is 0 Å². The number of anilines is 1. The Morgan fingerprint density at radius 3 is 2.45 bits per heavy atom. The summed E-state index contributed by atoms with van der Waals surface area (Å²) in [6, 6.07) is 15.9. The number of carboxylic acid groups (broad SMARTS) is 1. The van der Waals surface area contributed by atoms with Crippen molar-refractivity contribution in [1.82, 2.24) is 15.0 Å². The molecule has 3 N–H and O–H groups in total. The van der Waals surface area contributed by atoms with Gasteiger partial charge in [-0.25, -0.2) is 4.79 Å². The highest BCUT2D eigenvalue weighted by Crippen LogP contribution is 2.42. The van der Waals surface area contributed by atoms with Crippen LogP contribution in [-0.2, 0) is 6.42 Å². The van der Waals surface area contributed by atoms with Crippen molar-refractivity contribution in [3.63, 3.8) is 0 Å². The summed E-state index contributed by atoms with van der Waals surface area (Å²) in [4.78, 5) is 22.4. The van der Waals surface area contributed by atoms with Crippen molar-refractivity contribution in [2.75, 3.05) is 5.73 Å². The normalized spacial score (nSPS) is 12.2. The molecule has 6 nitrogen and oxygen atoms in total. The quantitative estimate of drug-likeness (QED) is 0.423. The lowest BCUT2D eigenvalue weighted by Gasteiger charge is -2.16. The van der Waals surface area contributed by atoms with E-state index in [0.29, 0.717) is 0 Å². The maximum Gasteiger partial charge on any atom is 0.337 e. The third-order valence-electron chi connectivity index (χ3n) is 5.47. The zero-order chi connectivity index (χ0) is 21.8. The van der Waals surface area contributed by atoms with Crippen molar-refractivity contribution in [3.05, 3.63) is 107 Å². The summed E-state index contributed by atoms with van der Waals surface area (Å²) in [6.07, 6.45) is 8.99. The first-order valence-electron chi connectivity index (χ1n) is 9.95.